The molecule has 1 heterocycles. The van der Waals surface area contributed by atoms with Gasteiger partial charge in [-0.2, -0.15) is 4.98 Å². The minimum Gasteiger partial charge on any atom is -0.497 e. The highest BCUT2D eigenvalue weighted by molar-refractivity contribution is 5.59. The number of nitrogens with zero attached hydrogens (tertiary/aromatic N) is 1. The minimum absolute atomic E-state index is 0.0674. The second kappa shape index (κ2) is 4.49. The van der Waals surface area contributed by atoms with E-state index >= 15 is 0 Å². The van der Waals surface area contributed by atoms with Gasteiger partial charge in [0.05, 0.1) is 12.8 Å². The van der Waals surface area contributed by atoms with Crippen molar-refractivity contribution in [1.29, 1.82) is 0 Å². The Bertz CT molecular complexity index is 518. The van der Waals surface area contributed by atoms with E-state index in [4.69, 9.17) is 4.74 Å². The number of aromatic amines is 1. The smallest absolute Gasteiger partial charge is 0.233 e. The average molecular weight is 232 g/mol. The molecule has 0 amide bonds. The Labute approximate surface area is 100 Å². The quantitative estimate of drug-likeness (QED) is 0.855. The van der Waals surface area contributed by atoms with Crippen molar-refractivity contribution < 1.29 is 9.84 Å². The minimum atomic E-state index is 0.0674. The molecule has 4 nitrogen and oxygen atoms in total. The SMILES string of the molecule is COc1cccc(-c2nc(O)c(C(C)C)[nH]2)c1. The maximum Gasteiger partial charge on any atom is 0.233 e. The Balaban J connectivity index is 2.42. The first-order valence-electron chi connectivity index (χ1n) is 5.55. The van der Waals surface area contributed by atoms with Crippen molar-refractivity contribution >= 4 is 0 Å². The highest BCUT2D eigenvalue weighted by atomic mass is 16.5. The second-order valence-corrected chi connectivity index (χ2v) is 4.21. The zero-order valence-electron chi connectivity index (χ0n) is 10.2. The molecule has 0 fully saturated rings. The Hall–Kier alpha value is -1.97. The van der Waals surface area contributed by atoms with E-state index in [1.807, 2.05) is 38.1 Å². The number of hydrogen-bond donors (Lipinski definition) is 2. The topological polar surface area (TPSA) is 58.1 Å². The lowest BCUT2D eigenvalue weighted by Crippen LogP contribution is -1.88. The molecule has 0 unspecified atom stereocenters. The highest BCUT2D eigenvalue weighted by Gasteiger charge is 2.13. The molecule has 2 rings (SSSR count). The van der Waals surface area contributed by atoms with Crippen LogP contribution < -0.4 is 4.74 Å². The van der Waals surface area contributed by atoms with Gasteiger partial charge in [0.1, 0.15) is 11.6 Å². The molecule has 0 saturated heterocycles. The van der Waals surface area contributed by atoms with Crippen LogP contribution in [0.5, 0.6) is 11.6 Å². The fourth-order valence-electron chi connectivity index (χ4n) is 1.69. The van der Waals surface area contributed by atoms with Gasteiger partial charge in [-0.15, -0.1) is 0 Å². The van der Waals surface area contributed by atoms with Gasteiger partial charge >= 0.3 is 0 Å². The van der Waals surface area contributed by atoms with Crippen LogP contribution in [0.2, 0.25) is 0 Å². The first-order chi connectivity index (χ1) is 8.11. The summed E-state index contributed by atoms with van der Waals surface area (Å²) in [5.41, 5.74) is 1.65. The number of aromatic hydroxyl groups is 1. The maximum atomic E-state index is 9.72. The number of benzene rings is 1. The van der Waals surface area contributed by atoms with Crippen LogP contribution in [0.4, 0.5) is 0 Å². The van der Waals surface area contributed by atoms with Gasteiger partial charge in [-0.3, -0.25) is 0 Å². The molecule has 0 aliphatic heterocycles. The molecule has 0 aliphatic rings. The third kappa shape index (κ3) is 2.25. The third-order valence-electron chi connectivity index (χ3n) is 2.63. The van der Waals surface area contributed by atoms with Gasteiger partial charge in [-0.25, -0.2) is 0 Å². The van der Waals surface area contributed by atoms with E-state index in [0.717, 1.165) is 17.0 Å². The molecule has 0 saturated carbocycles. The summed E-state index contributed by atoms with van der Waals surface area (Å²) in [5, 5.41) is 9.72. The van der Waals surface area contributed by atoms with Crippen molar-refractivity contribution in [3.05, 3.63) is 30.0 Å². The van der Waals surface area contributed by atoms with E-state index in [2.05, 4.69) is 9.97 Å². The van der Waals surface area contributed by atoms with Crippen molar-refractivity contribution in [1.82, 2.24) is 9.97 Å². The number of hydrogen-bond acceptors (Lipinski definition) is 3. The van der Waals surface area contributed by atoms with Gasteiger partial charge in [0.25, 0.3) is 0 Å². The predicted octanol–water partition coefficient (Wildman–Crippen LogP) is 2.91. The molecule has 90 valence electrons. The summed E-state index contributed by atoms with van der Waals surface area (Å²) in [4.78, 5) is 7.25. The number of ether oxygens (including phenoxy) is 1. The molecule has 17 heavy (non-hydrogen) atoms. The normalized spacial score (nSPS) is 10.8. The molecule has 4 heteroatoms. The lowest BCUT2D eigenvalue weighted by molar-refractivity contribution is 0.415. The largest absolute Gasteiger partial charge is 0.497 e. The molecule has 0 spiro atoms. The Morgan fingerprint density at radius 1 is 1.35 bits per heavy atom. The van der Waals surface area contributed by atoms with Crippen LogP contribution in [-0.4, -0.2) is 22.2 Å². The van der Waals surface area contributed by atoms with E-state index in [9.17, 15) is 5.11 Å². The molecular weight excluding hydrogens is 216 g/mol. The standard InChI is InChI=1S/C13H16N2O2/c1-8(2)11-13(16)15-12(14-11)9-5-4-6-10(7-9)17-3/h4-8,16H,1-3H3,(H,14,15). The monoisotopic (exact) mass is 232 g/mol. The van der Waals surface area contributed by atoms with Crippen molar-refractivity contribution in [2.45, 2.75) is 19.8 Å². The fourth-order valence-corrected chi connectivity index (χ4v) is 1.69. The number of H-pyrrole nitrogens is 1. The Morgan fingerprint density at radius 2 is 2.12 bits per heavy atom. The van der Waals surface area contributed by atoms with Crippen LogP contribution in [-0.2, 0) is 0 Å². The van der Waals surface area contributed by atoms with E-state index in [1.165, 1.54) is 0 Å². The lowest BCUT2D eigenvalue weighted by atomic mass is 10.1. The summed E-state index contributed by atoms with van der Waals surface area (Å²) in [6, 6.07) is 7.56. The van der Waals surface area contributed by atoms with Crippen LogP contribution in [0.3, 0.4) is 0 Å². The molecule has 0 atom stereocenters. The van der Waals surface area contributed by atoms with Gasteiger partial charge < -0.3 is 14.8 Å². The molecule has 0 bridgehead atoms. The molecule has 1 aromatic heterocycles. The summed E-state index contributed by atoms with van der Waals surface area (Å²) in [6.07, 6.45) is 0. The van der Waals surface area contributed by atoms with Gasteiger partial charge in [0.15, 0.2) is 0 Å². The Kier molecular flexibility index (Phi) is 3.04. The van der Waals surface area contributed by atoms with Crippen LogP contribution >= 0.6 is 0 Å². The van der Waals surface area contributed by atoms with Crippen LogP contribution in [0.25, 0.3) is 11.4 Å². The summed E-state index contributed by atoms with van der Waals surface area (Å²) >= 11 is 0. The van der Waals surface area contributed by atoms with E-state index in [1.54, 1.807) is 7.11 Å². The highest BCUT2D eigenvalue weighted by Crippen LogP contribution is 2.28. The van der Waals surface area contributed by atoms with Crippen molar-refractivity contribution in [3.63, 3.8) is 0 Å². The first-order valence-corrected chi connectivity index (χ1v) is 5.55. The third-order valence-corrected chi connectivity index (χ3v) is 2.63. The van der Waals surface area contributed by atoms with Crippen LogP contribution in [0.15, 0.2) is 24.3 Å². The summed E-state index contributed by atoms with van der Waals surface area (Å²) < 4.78 is 5.16. The molecule has 1 aromatic carbocycles. The van der Waals surface area contributed by atoms with Crippen LogP contribution in [0, 0.1) is 0 Å². The van der Waals surface area contributed by atoms with Crippen molar-refractivity contribution in [2.75, 3.05) is 7.11 Å². The van der Waals surface area contributed by atoms with Gasteiger partial charge in [-0.1, -0.05) is 26.0 Å². The van der Waals surface area contributed by atoms with Gasteiger partial charge in [-0.05, 0) is 18.1 Å². The number of aromatic nitrogens is 2. The summed E-state index contributed by atoms with van der Waals surface area (Å²) in [7, 11) is 1.62. The zero-order valence-corrected chi connectivity index (χ0v) is 10.2. The lowest BCUT2D eigenvalue weighted by Gasteiger charge is -2.02. The number of nitrogens with one attached hydrogen (secondary N) is 1. The van der Waals surface area contributed by atoms with Crippen molar-refractivity contribution in [3.8, 4) is 23.0 Å². The number of imidazole rings is 1. The van der Waals surface area contributed by atoms with Gasteiger partial charge in [0, 0.05) is 5.56 Å². The van der Waals surface area contributed by atoms with E-state index in [0.29, 0.717) is 5.82 Å². The molecular formula is C13H16N2O2. The number of rotatable bonds is 3. The fraction of sp³-hybridized carbons (Fsp3) is 0.308. The Morgan fingerprint density at radius 3 is 2.71 bits per heavy atom. The summed E-state index contributed by atoms with van der Waals surface area (Å²) in [6.45, 7) is 4.01. The molecule has 2 N–H and O–H groups in total. The zero-order chi connectivity index (χ0) is 12.4. The van der Waals surface area contributed by atoms with Crippen LogP contribution in [0.1, 0.15) is 25.5 Å². The average Bonchev–Trinajstić information content (AvgIpc) is 2.71. The number of methoxy groups -OCH3 is 1. The predicted molar refractivity (Wildman–Crippen MR) is 66.3 cm³/mol. The van der Waals surface area contributed by atoms with Crippen molar-refractivity contribution in [2.24, 2.45) is 0 Å². The van der Waals surface area contributed by atoms with E-state index in [-0.39, 0.29) is 11.8 Å². The molecule has 0 aliphatic carbocycles. The molecule has 0 radical (unpaired) electrons. The van der Waals surface area contributed by atoms with E-state index < -0.39 is 0 Å². The second-order valence-electron chi connectivity index (χ2n) is 4.21. The maximum absolute atomic E-state index is 9.72. The summed E-state index contributed by atoms with van der Waals surface area (Å²) in [5.74, 6) is 1.70. The molecule has 2 aromatic rings. The first kappa shape index (κ1) is 11.5. The van der Waals surface area contributed by atoms with Gasteiger partial charge in [0.2, 0.25) is 5.88 Å².